The summed E-state index contributed by atoms with van der Waals surface area (Å²) < 4.78 is 12.7. The van der Waals surface area contributed by atoms with E-state index in [9.17, 15) is 4.39 Å². The van der Waals surface area contributed by atoms with Crippen molar-refractivity contribution in [3.8, 4) is 0 Å². The fourth-order valence-corrected chi connectivity index (χ4v) is 1.49. The molecule has 0 bridgehead atoms. The Morgan fingerprint density at radius 3 is 2.92 bits per heavy atom. The first kappa shape index (κ1) is 8.44. The van der Waals surface area contributed by atoms with Crippen LogP contribution in [0.3, 0.4) is 0 Å². The second-order valence-electron chi connectivity index (χ2n) is 3.41. The summed E-state index contributed by atoms with van der Waals surface area (Å²) in [6.45, 7) is 2.00. The van der Waals surface area contributed by atoms with Gasteiger partial charge in [0.1, 0.15) is 5.82 Å². The van der Waals surface area contributed by atoms with Crippen LogP contribution in [0.1, 0.15) is 0 Å². The van der Waals surface area contributed by atoms with Gasteiger partial charge in [-0.15, -0.1) is 0 Å². The highest BCUT2D eigenvalue weighted by Crippen LogP contribution is 2.11. The number of nitrogens with zero attached hydrogens (tertiary/aromatic N) is 2. The summed E-state index contributed by atoms with van der Waals surface area (Å²) >= 11 is 0. The average molecular weight is 181 g/mol. The van der Waals surface area contributed by atoms with E-state index in [1.165, 1.54) is 6.07 Å². The number of likely N-dealkylation sites (N-methyl/N-ethyl adjacent to an activating group) is 1. The molecular weight excluding hydrogens is 169 g/mol. The Balaban J connectivity index is 1.94. The topological polar surface area (TPSA) is 28.2 Å². The third-order valence-electron chi connectivity index (χ3n) is 2.13. The Bertz CT molecular complexity index is 297. The summed E-state index contributed by atoms with van der Waals surface area (Å²) in [6.07, 6.45) is 0. The van der Waals surface area contributed by atoms with Crippen LogP contribution >= 0.6 is 0 Å². The third kappa shape index (κ3) is 1.95. The molecule has 2 heterocycles. The number of pyridine rings is 1. The van der Waals surface area contributed by atoms with E-state index in [1.807, 2.05) is 0 Å². The molecule has 0 amide bonds. The van der Waals surface area contributed by atoms with Gasteiger partial charge < -0.3 is 10.2 Å². The molecular formula is C9H12FN3. The number of rotatable bonds is 2. The van der Waals surface area contributed by atoms with E-state index in [1.54, 1.807) is 12.1 Å². The van der Waals surface area contributed by atoms with Crippen LogP contribution in [-0.4, -0.2) is 36.1 Å². The van der Waals surface area contributed by atoms with Crippen molar-refractivity contribution in [1.82, 2.24) is 9.88 Å². The van der Waals surface area contributed by atoms with Crippen LogP contribution in [0.4, 0.5) is 10.2 Å². The van der Waals surface area contributed by atoms with Gasteiger partial charge >= 0.3 is 0 Å². The number of hydrogen-bond donors (Lipinski definition) is 1. The second kappa shape index (κ2) is 3.30. The van der Waals surface area contributed by atoms with Gasteiger partial charge in [0, 0.05) is 13.1 Å². The molecule has 0 atom stereocenters. The van der Waals surface area contributed by atoms with Crippen molar-refractivity contribution in [2.24, 2.45) is 0 Å². The zero-order valence-corrected chi connectivity index (χ0v) is 7.50. The minimum Gasteiger partial charge on any atom is -0.365 e. The molecule has 0 saturated carbocycles. The maximum absolute atomic E-state index is 12.7. The van der Waals surface area contributed by atoms with Crippen molar-refractivity contribution >= 4 is 5.82 Å². The SMILES string of the molecule is CN1CC(Nc2cccc(F)n2)C1. The Hall–Kier alpha value is -1.16. The summed E-state index contributed by atoms with van der Waals surface area (Å²) in [4.78, 5) is 5.92. The van der Waals surface area contributed by atoms with Crippen molar-refractivity contribution in [2.45, 2.75) is 6.04 Å². The van der Waals surface area contributed by atoms with Gasteiger partial charge in [-0.2, -0.15) is 4.39 Å². The van der Waals surface area contributed by atoms with Crippen molar-refractivity contribution in [2.75, 3.05) is 25.5 Å². The van der Waals surface area contributed by atoms with E-state index in [2.05, 4.69) is 22.2 Å². The third-order valence-corrected chi connectivity index (χ3v) is 2.13. The van der Waals surface area contributed by atoms with Crippen LogP contribution in [0.5, 0.6) is 0 Å². The molecule has 1 aromatic heterocycles. The standard InChI is InChI=1S/C9H12FN3/c1-13-5-7(6-13)11-9-4-2-3-8(10)12-9/h2-4,7H,5-6H2,1H3,(H,11,12). The van der Waals surface area contributed by atoms with Gasteiger partial charge in [-0.25, -0.2) is 4.98 Å². The number of anilines is 1. The molecule has 1 aliphatic rings. The molecule has 70 valence electrons. The van der Waals surface area contributed by atoms with Crippen molar-refractivity contribution in [3.63, 3.8) is 0 Å². The summed E-state index contributed by atoms with van der Waals surface area (Å²) in [5.41, 5.74) is 0. The number of nitrogens with one attached hydrogen (secondary N) is 1. The normalized spacial score (nSPS) is 18.3. The Labute approximate surface area is 76.6 Å². The van der Waals surface area contributed by atoms with E-state index >= 15 is 0 Å². The second-order valence-corrected chi connectivity index (χ2v) is 3.41. The Morgan fingerprint density at radius 2 is 2.31 bits per heavy atom. The first-order chi connectivity index (χ1) is 6.24. The van der Waals surface area contributed by atoms with E-state index < -0.39 is 5.95 Å². The first-order valence-corrected chi connectivity index (χ1v) is 4.32. The maximum Gasteiger partial charge on any atom is 0.214 e. The molecule has 0 aliphatic carbocycles. The first-order valence-electron chi connectivity index (χ1n) is 4.32. The Kier molecular flexibility index (Phi) is 2.14. The smallest absolute Gasteiger partial charge is 0.214 e. The fraction of sp³-hybridized carbons (Fsp3) is 0.444. The Morgan fingerprint density at radius 1 is 1.54 bits per heavy atom. The molecule has 0 unspecified atom stereocenters. The minimum absolute atomic E-state index is 0.416. The van der Waals surface area contributed by atoms with Crippen molar-refractivity contribution in [3.05, 3.63) is 24.1 Å². The van der Waals surface area contributed by atoms with Crippen LogP contribution in [0.15, 0.2) is 18.2 Å². The van der Waals surface area contributed by atoms with E-state index in [-0.39, 0.29) is 0 Å². The van der Waals surface area contributed by atoms with Gasteiger partial charge in [-0.1, -0.05) is 6.07 Å². The van der Waals surface area contributed by atoms with Gasteiger partial charge in [-0.3, -0.25) is 0 Å². The highest BCUT2D eigenvalue weighted by molar-refractivity contribution is 5.35. The van der Waals surface area contributed by atoms with Crippen LogP contribution in [-0.2, 0) is 0 Å². The van der Waals surface area contributed by atoms with E-state index in [0.717, 1.165) is 13.1 Å². The maximum atomic E-state index is 12.7. The largest absolute Gasteiger partial charge is 0.365 e. The van der Waals surface area contributed by atoms with Crippen molar-refractivity contribution in [1.29, 1.82) is 0 Å². The quantitative estimate of drug-likeness (QED) is 0.688. The summed E-state index contributed by atoms with van der Waals surface area (Å²) in [6, 6.07) is 5.20. The van der Waals surface area contributed by atoms with Crippen LogP contribution in [0.2, 0.25) is 0 Å². The lowest BCUT2D eigenvalue weighted by atomic mass is 10.1. The highest BCUT2D eigenvalue weighted by Gasteiger charge is 2.22. The number of hydrogen-bond acceptors (Lipinski definition) is 3. The number of halogens is 1. The van der Waals surface area contributed by atoms with Gasteiger partial charge in [0.2, 0.25) is 5.95 Å². The van der Waals surface area contributed by atoms with Gasteiger partial charge in [0.05, 0.1) is 6.04 Å². The van der Waals surface area contributed by atoms with Crippen molar-refractivity contribution < 1.29 is 4.39 Å². The number of likely N-dealkylation sites (tertiary alicyclic amines) is 1. The molecule has 4 heteroatoms. The molecule has 0 spiro atoms. The molecule has 13 heavy (non-hydrogen) atoms. The number of aromatic nitrogens is 1. The van der Waals surface area contributed by atoms with E-state index in [4.69, 9.17) is 0 Å². The lowest BCUT2D eigenvalue weighted by Crippen LogP contribution is -2.52. The molecule has 1 aromatic rings. The average Bonchev–Trinajstić information content (AvgIpc) is 2.01. The molecule has 3 nitrogen and oxygen atoms in total. The van der Waals surface area contributed by atoms with Crippen LogP contribution in [0.25, 0.3) is 0 Å². The highest BCUT2D eigenvalue weighted by atomic mass is 19.1. The molecule has 1 saturated heterocycles. The summed E-state index contributed by atoms with van der Waals surface area (Å²) in [5, 5.41) is 3.16. The van der Waals surface area contributed by atoms with Gasteiger partial charge in [-0.05, 0) is 19.2 Å². The predicted molar refractivity (Wildman–Crippen MR) is 49.1 cm³/mol. The van der Waals surface area contributed by atoms with Crippen LogP contribution in [0, 0.1) is 5.95 Å². The molecule has 0 aromatic carbocycles. The molecule has 1 fully saturated rings. The molecule has 2 rings (SSSR count). The fourth-order valence-electron chi connectivity index (χ4n) is 1.49. The summed E-state index contributed by atoms with van der Waals surface area (Å²) in [7, 11) is 2.05. The molecule has 1 N–H and O–H groups in total. The predicted octanol–water partition coefficient (Wildman–Crippen LogP) is 0.947. The lowest BCUT2D eigenvalue weighted by Gasteiger charge is -2.36. The molecule has 0 radical (unpaired) electrons. The minimum atomic E-state index is -0.433. The zero-order chi connectivity index (χ0) is 9.26. The van der Waals surface area contributed by atoms with E-state index in [0.29, 0.717) is 11.9 Å². The van der Waals surface area contributed by atoms with Crippen LogP contribution < -0.4 is 5.32 Å². The zero-order valence-electron chi connectivity index (χ0n) is 7.50. The summed E-state index contributed by atoms with van der Waals surface area (Å²) in [5.74, 6) is 0.191. The monoisotopic (exact) mass is 181 g/mol. The molecule has 1 aliphatic heterocycles. The lowest BCUT2D eigenvalue weighted by molar-refractivity contribution is 0.205. The van der Waals surface area contributed by atoms with Gasteiger partial charge in [0.25, 0.3) is 0 Å². The van der Waals surface area contributed by atoms with Gasteiger partial charge in [0.15, 0.2) is 0 Å².